The van der Waals surface area contributed by atoms with Crippen molar-refractivity contribution in [1.82, 2.24) is 5.32 Å². The van der Waals surface area contributed by atoms with Gasteiger partial charge >= 0.3 is 0 Å². The van der Waals surface area contributed by atoms with Crippen LogP contribution in [0.2, 0.25) is 0 Å². The molecule has 0 saturated carbocycles. The van der Waals surface area contributed by atoms with Gasteiger partial charge in [-0.1, -0.05) is 38.3 Å². The van der Waals surface area contributed by atoms with E-state index >= 15 is 0 Å². The van der Waals surface area contributed by atoms with Crippen LogP contribution >= 0.6 is 11.8 Å². The quantitative estimate of drug-likeness (QED) is 0.569. The predicted octanol–water partition coefficient (Wildman–Crippen LogP) is 4.00. The highest BCUT2D eigenvalue weighted by atomic mass is 32.2. The van der Waals surface area contributed by atoms with Crippen molar-refractivity contribution in [2.24, 2.45) is 4.99 Å². The highest BCUT2D eigenvalue weighted by Gasteiger charge is 2.23. The molecule has 27 heavy (non-hydrogen) atoms. The number of carbonyl (C=O) groups excluding carboxylic acids is 2. The maximum absolute atomic E-state index is 12.1. The van der Waals surface area contributed by atoms with Gasteiger partial charge in [-0.15, -0.1) is 0 Å². The van der Waals surface area contributed by atoms with Gasteiger partial charge in [0.1, 0.15) is 5.78 Å². The van der Waals surface area contributed by atoms with Crippen molar-refractivity contribution in [3.05, 3.63) is 34.7 Å². The van der Waals surface area contributed by atoms with Crippen LogP contribution in [0.15, 0.2) is 34.2 Å². The number of rotatable bonds is 7. The Kier molecular flexibility index (Phi) is 7.10. The molecule has 1 aromatic rings. The number of piperidine rings is 1. The number of ketones is 1. The van der Waals surface area contributed by atoms with Crippen molar-refractivity contribution in [2.45, 2.75) is 45.4 Å². The maximum Gasteiger partial charge on any atom is 0.264 e. The highest BCUT2D eigenvalue weighted by molar-refractivity contribution is 8.18. The first-order valence-corrected chi connectivity index (χ1v) is 10.6. The number of thioether (sulfide) groups is 1. The number of nitrogens with one attached hydrogen (secondary N) is 1. The molecule has 0 atom stereocenters. The molecule has 0 radical (unpaired) electrons. The van der Waals surface area contributed by atoms with Crippen LogP contribution in [0.1, 0.15) is 51.0 Å². The molecule has 0 aliphatic carbocycles. The fraction of sp³-hybridized carbons (Fsp3) is 0.476. The van der Waals surface area contributed by atoms with E-state index in [1.165, 1.54) is 31.0 Å². The van der Waals surface area contributed by atoms with Crippen LogP contribution in [0.4, 0.5) is 5.69 Å². The first-order chi connectivity index (χ1) is 13.2. The lowest BCUT2D eigenvalue weighted by Crippen LogP contribution is -2.33. The molecule has 6 heteroatoms. The van der Waals surface area contributed by atoms with E-state index in [2.05, 4.69) is 34.3 Å². The van der Waals surface area contributed by atoms with Gasteiger partial charge < -0.3 is 10.2 Å². The minimum atomic E-state index is -0.0778. The molecule has 0 unspecified atom stereocenters. The van der Waals surface area contributed by atoms with Gasteiger partial charge in [-0.2, -0.15) is 0 Å². The second-order valence-electron chi connectivity index (χ2n) is 6.93. The molecule has 1 N–H and O–H groups in total. The summed E-state index contributed by atoms with van der Waals surface area (Å²) in [4.78, 5) is 30.9. The highest BCUT2D eigenvalue weighted by Crippen LogP contribution is 2.27. The summed E-state index contributed by atoms with van der Waals surface area (Å²) >= 11 is 1.41. The van der Waals surface area contributed by atoms with Gasteiger partial charge in [0.05, 0.1) is 4.91 Å². The van der Waals surface area contributed by atoms with Crippen LogP contribution in [0.5, 0.6) is 0 Å². The van der Waals surface area contributed by atoms with Crippen LogP contribution in [0, 0.1) is 0 Å². The van der Waals surface area contributed by atoms with Crippen molar-refractivity contribution in [3.8, 4) is 0 Å². The largest absolute Gasteiger partial charge is 0.371 e. The second kappa shape index (κ2) is 9.74. The Bertz CT molecular complexity index is 730. The summed E-state index contributed by atoms with van der Waals surface area (Å²) in [6.07, 6.45) is 7.86. The number of hydrogen-bond acceptors (Lipinski definition) is 5. The van der Waals surface area contributed by atoms with Gasteiger partial charge in [0.15, 0.2) is 5.17 Å². The normalized spacial score (nSPS) is 20.6. The third-order valence-electron chi connectivity index (χ3n) is 4.80. The van der Waals surface area contributed by atoms with E-state index in [9.17, 15) is 9.59 Å². The molecular weight excluding hydrogens is 358 g/mol. The van der Waals surface area contributed by atoms with Crippen LogP contribution < -0.4 is 10.2 Å². The fourth-order valence-corrected chi connectivity index (χ4v) is 4.01. The molecule has 2 aliphatic heterocycles. The molecule has 0 spiro atoms. The van der Waals surface area contributed by atoms with Gasteiger partial charge in [-0.3, -0.25) is 14.6 Å². The number of Topliss-reactive ketones (excluding diaryl/α,β-unsaturated/α-hetero) is 1. The van der Waals surface area contributed by atoms with Crippen LogP contribution in [-0.4, -0.2) is 36.5 Å². The average Bonchev–Trinajstić information content (AvgIpc) is 3.02. The van der Waals surface area contributed by atoms with Crippen molar-refractivity contribution in [2.75, 3.05) is 24.5 Å². The number of benzene rings is 1. The summed E-state index contributed by atoms with van der Waals surface area (Å²) in [6.45, 7) is 4.53. The first kappa shape index (κ1) is 19.7. The van der Waals surface area contributed by atoms with E-state index in [-0.39, 0.29) is 5.91 Å². The molecular formula is C21H27N3O2S. The fourth-order valence-electron chi connectivity index (χ4n) is 3.17. The Labute approximate surface area is 165 Å². The summed E-state index contributed by atoms with van der Waals surface area (Å²) in [5.41, 5.74) is 2.12. The topological polar surface area (TPSA) is 61.8 Å². The van der Waals surface area contributed by atoms with Crippen molar-refractivity contribution in [1.29, 1.82) is 0 Å². The van der Waals surface area contributed by atoms with E-state index in [4.69, 9.17) is 0 Å². The molecule has 1 aromatic carbocycles. The molecule has 0 aromatic heterocycles. The van der Waals surface area contributed by atoms with Gasteiger partial charge in [-0.25, -0.2) is 0 Å². The third-order valence-corrected chi connectivity index (χ3v) is 5.74. The van der Waals surface area contributed by atoms with Crippen LogP contribution in [0.25, 0.3) is 6.08 Å². The Morgan fingerprint density at radius 2 is 1.85 bits per heavy atom. The zero-order valence-corrected chi connectivity index (χ0v) is 16.7. The Morgan fingerprint density at radius 3 is 2.56 bits per heavy atom. The van der Waals surface area contributed by atoms with Gasteiger partial charge in [-0.05, 0) is 42.0 Å². The summed E-state index contributed by atoms with van der Waals surface area (Å²) in [5, 5.41) is 3.55. The summed E-state index contributed by atoms with van der Waals surface area (Å²) < 4.78 is 0. The molecule has 2 heterocycles. The molecule has 2 fully saturated rings. The minimum Gasteiger partial charge on any atom is -0.371 e. The third kappa shape index (κ3) is 5.70. The number of unbranched alkanes of at least 4 members (excludes halogenated alkanes) is 3. The van der Waals surface area contributed by atoms with Crippen molar-refractivity contribution >= 4 is 40.4 Å². The zero-order valence-electron chi connectivity index (χ0n) is 15.9. The van der Waals surface area contributed by atoms with E-state index in [0.717, 1.165) is 37.3 Å². The standard InChI is InChI=1S/C21H27N3O2S/c1-2-3-4-5-12-22-21-23-20(26)19(27-21)15-16-6-8-17(9-7-16)24-13-10-18(25)11-14-24/h6-9,15H,2-5,10-14H2,1H3,(H,22,23,26)/b19-15-. The lowest BCUT2D eigenvalue weighted by molar-refractivity contribution is -0.119. The number of amidine groups is 1. The zero-order chi connectivity index (χ0) is 19.1. The molecule has 5 nitrogen and oxygen atoms in total. The van der Waals surface area contributed by atoms with E-state index in [1.54, 1.807) is 0 Å². The van der Waals surface area contributed by atoms with Gasteiger partial charge in [0.25, 0.3) is 5.91 Å². The van der Waals surface area contributed by atoms with E-state index in [0.29, 0.717) is 28.7 Å². The molecule has 1 amide bonds. The van der Waals surface area contributed by atoms with E-state index in [1.807, 2.05) is 18.2 Å². The predicted molar refractivity (Wildman–Crippen MR) is 113 cm³/mol. The van der Waals surface area contributed by atoms with Crippen LogP contribution in [0.3, 0.4) is 0 Å². The number of aliphatic imine (C=N–C) groups is 1. The summed E-state index contributed by atoms with van der Waals surface area (Å²) in [5.74, 6) is 0.269. The Balaban J connectivity index is 1.57. The molecule has 2 aliphatic rings. The second-order valence-corrected chi connectivity index (χ2v) is 7.96. The smallest absolute Gasteiger partial charge is 0.264 e. The number of amides is 1. The van der Waals surface area contributed by atoms with E-state index < -0.39 is 0 Å². The van der Waals surface area contributed by atoms with Crippen molar-refractivity contribution < 1.29 is 9.59 Å². The Hall–Kier alpha value is -2.08. The molecule has 144 valence electrons. The SMILES string of the molecule is CCCCCCN=C1NC(=O)/C(=C/c2ccc(N3CCC(=O)CC3)cc2)S1. The maximum atomic E-state index is 12.1. The molecule has 0 bridgehead atoms. The number of hydrogen-bond donors (Lipinski definition) is 1. The van der Waals surface area contributed by atoms with Gasteiger partial charge in [0.2, 0.25) is 0 Å². The minimum absolute atomic E-state index is 0.0778. The average molecular weight is 386 g/mol. The lowest BCUT2D eigenvalue weighted by atomic mass is 10.1. The molecule has 3 rings (SSSR count). The Morgan fingerprint density at radius 1 is 1.11 bits per heavy atom. The van der Waals surface area contributed by atoms with Crippen molar-refractivity contribution in [3.63, 3.8) is 0 Å². The first-order valence-electron chi connectivity index (χ1n) is 9.78. The summed E-state index contributed by atoms with van der Waals surface area (Å²) in [6, 6.07) is 8.16. The number of nitrogens with zero attached hydrogens (tertiary/aromatic N) is 2. The lowest BCUT2D eigenvalue weighted by Gasteiger charge is -2.28. The molecule has 2 saturated heterocycles. The number of anilines is 1. The monoisotopic (exact) mass is 385 g/mol. The van der Waals surface area contributed by atoms with Gasteiger partial charge in [0, 0.05) is 38.2 Å². The van der Waals surface area contributed by atoms with Crippen LogP contribution in [-0.2, 0) is 9.59 Å². The summed E-state index contributed by atoms with van der Waals surface area (Å²) in [7, 11) is 0. The number of carbonyl (C=O) groups is 2.